The third-order valence-electron chi connectivity index (χ3n) is 1.95. The van der Waals surface area contributed by atoms with E-state index in [-0.39, 0.29) is 6.10 Å². The van der Waals surface area contributed by atoms with Crippen LogP contribution >= 0.6 is 0 Å². The molecule has 0 aliphatic rings. The lowest BCUT2D eigenvalue weighted by Gasteiger charge is -2.34. The molecule has 0 radical (unpaired) electrons. The lowest BCUT2D eigenvalue weighted by Crippen LogP contribution is -2.66. The summed E-state index contributed by atoms with van der Waals surface area (Å²) < 4.78 is 11.2. The number of hydrogen-bond acceptors (Lipinski definition) is 5. The fourth-order valence-corrected chi connectivity index (χ4v) is 4.13. The first-order chi connectivity index (χ1) is 7.26. The Labute approximate surface area is 98.5 Å². The number of rotatable bonds is 8. The maximum Gasteiger partial charge on any atom is 0.339 e. The predicted octanol–water partition coefficient (Wildman–Crippen LogP) is 0.730. The molecule has 1 unspecified atom stereocenters. The second kappa shape index (κ2) is 6.29. The van der Waals surface area contributed by atoms with E-state index in [1.54, 1.807) is 12.2 Å². The second-order valence-electron chi connectivity index (χ2n) is 3.89. The van der Waals surface area contributed by atoms with E-state index in [1.807, 2.05) is 13.5 Å². The van der Waals surface area contributed by atoms with Gasteiger partial charge in [0, 0.05) is 0 Å². The molecule has 0 heterocycles. The van der Waals surface area contributed by atoms with Crippen molar-refractivity contribution in [1.82, 2.24) is 0 Å². The first-order valence-electron chi connectivity index (χ1n) is 5.26. The Morgan fingerprint density at radius 1 is 1.31 bits per heavy atom. The Kier molecular flexibility index (Phi) is 6.09. The van der Waals surface area contributed by atoms with Crippen molar-refractivity contribution in [1.29, 1.82) is 0 Å². The van der Waals surface area contributed by atoms with Crippen LogP contribution in [0.4, 0.5) is 0 Å². The fourth-order valence-electron chi connectivity index (χ4n) is 1.44. The zero-order valence-corrected chi connectivity index (χ0v) is 11.1. The van der Waals surface area contributed by atoms with Gasteiger partial charge in [0.25, 0.3) is 0 Å². The van der Waals surface area contributed by atoms with Gasteiger partial charge in [-0.1, -0.05) is 25.5 Å². The maximum atomic E-state index is 5.79. The third-order valence-corrected chi connectivity index (χ3v) is 4.91. The lowest BCUT2D eigenvalue weighted by molar-refractivity contribution is 0.0327. The summed E-state index contributed by atoms with van der Waals surface area (Å²) in [5.74, 6) is -1.66. The van der Waals surface area contributed by atoms with Crippen LogP contribution in [-0.4, -0.2) is 20.6 Å². The van der Waals surface area contributed by atoms with Gasteiger partial charge in [-0.25, -0.2) is 0 Å². The third kappa shape index (κ3) is 6.16. The first kappa shape index (κ1) is 15.5. The smallest absolute Gasteiger partial charge is 0.339 e. The summed E-state index contributed by atoms with van der Waals surface area (Å²) >= 11 is 0. The molecule has 0 aromatic carbocycles. The van der Waals surface area contributed by atoms with Gasteiger partial charge >= 0.3 is 8.56 Å². The van der Waals surface area contributed by atoms with Crippen molar-refractivity contribution in [3.8, 4) is 0 Å². The summed E-state index contributed by atoms with van der Waals surface area (Å²) in [5, 5.41) is 0. The number of hydrogen-bond donors (Lipinski definition) is 3. The van der Waals surface area contributed by atoms with Gasteiger partial charge in [0.1, 0.15) is 0 Å². The van der Waals surface area contributed by atoms with Crippen LogP contribution in [0.15, 0.2) is 25.3 Å². The average molecular weight is 245 g/mol. The van der Waals surface area contributed by atoms with Crippen LogP contribution in [0.1, 0.15) is 13.3 Å². The van der Waals surface area contributed by atoms with Crippen molar-refractivity contribution in [3.63, 3.8) is 0 Å². The van der Waals surface area contributed by atoms with E-state index in [4.69, 9.17) is 26.1 Å². The minimum absolute atomic E-state index is 0.273. The van der Waals surface area contributed by atoms with Crippen molar-refractivity contribution in [3.05, 3.63) is 25.3 Å². The minimum atomic E-state index is -2.51. The molecule has 0 amide bonds. The highest BCUT2D eigenvalue weighted by Gasteiger charge is 2.37. The minimum Gasteiger partial charge on any atom is -0.384 e. The highest BCUT2D eigenvalue weighted by molar-refractivity contribution is 6.66. The Balaban J connectivity index is 4.67. The molecule has 5 nitrogen and oxygen atoms in total. The zero-order valence-electron chi connectivity index (χ0n) is 10.1. The van der Waals surface area contributed by atoms with Crippen LogP contribution < -0.4 is 17.2 Å². The topological polar surface area (TPSA) is 96.5 Å². The van der Waals surface area contributed by atoms with Crippen molar-refractivity contribution in [2.24, 2.45) is 17.2 Å². The average Bonchev–Trinajstić information content (AvgIpc) is 2.11. The lowest BCUT2D eigenvalue weighted by atomic mass is 10.4. The van der Waals surface area contributed by atoms with Crippen LogP contribution in [0.2, 0.25) is 12.6 Å². The van der Waals surface area contributed by atoms with E-state index >= 15 is 0 Å². The zero-order chi connectivity index (χ0) is 12.8. The van der Waals surface area contributed by atoms with Crippen molar-refractivity contribution in [2.45, 2.75) is 38.0 Å². The van der Waals surface area contributed by atoms with Crippen molar-refractivity contribution in [2.75, 3.05) is 0 Å². The molecule has 0 aliphatic carbocycles. The molecule has 1 atom stereocenters. The Morgan fingerprint density at radius 3 is 2.12 bits per heavy atom. The molecule has 6 heteroatoms. The predicted molar refractivity (Wildman–Crippen MR) is 68.4 cm³/mol. The Hall–Kier alpha value is -0.503. The summed E-state index contributed by atoms with van der Waals surface area (Å²) in [6.45, 7) is 11.2. The molecule has 0 saturated heterocycles. The second-order valence-corrected chi connectivity index (χ2v) is 7.10. The van der Waals surface area contributed by atoms with E-state index < -0.39 is 14.5 Å². The van der Waals surface area contributed by atoms with Crippen molar-refractivity contribution < 1.29 is 8.85 Å². The molecular weight excluding hydrogens is 222 g/mol. The molecule has 16 heavy (non-hydrogen) atoms. The van der Waals surface area contributed by atoms with Gasteiger partial charge in [-0.05, 0) is 12.6 Å². The van der Waals surface area contributed by atoms with Gasteiger partial charge in [-0.3, -0.25) is 17.2 Å². The van der Waals surface area contributed by atoms with Crippen LogP contribution in [-0.2, 0) is 8.85 Å². The molecule has 0 aliphatic heterocycles. The van der Waals surface area contributed by atoms with Crippen molar-refractivity contribution >= 4 is 8.56 Å². The molecule has 0 saturated carbocycles. The van der Waals surface area contributed by atoms with Gasteiger partial charge in [0.05, 0.1) is 6.10 Å². The van der Waals surface area contributed by atoms with E-state index in [9.17, 15) is 0 Å². The van der Waals surface area contributed by atoms with E-state index in [2.05, 4.69) is 13.2 Å². The molecule has 0 spiro atoms. The quantitative estimate of drug-likeness (QED) is 0.333. The maximum absolute atomic E-state index is 5.79. The van der Waals surface area contributed by atoms with Crippen LogP contribution in [0.25, 0.3) is 0 Å². The Morgan fingerprint density at radius 2 is 1.81 bits per heavy atom. The highest BCUT2D eigenvalue weighted by Crippen LogP contribution is 2.20. The SMILES string of the molecule is C=CC(C=C)O[Si](C)(CCC)OC(N)(N)N. The molecule has 0 aromatic heterocycles. The molecule has 94 valence electrons. The molecule has 0 fully saturated rings. The van der Waals surface area contributed by atoms with Gasteiger partial charge in [-0.15, -0.1) is 13.2 Å². The molecule has 0 rings (SSSR count). The van der Waals surface area contributed by atoms with Gasteiger partial charge < -0.3 is 8.85 Å². The van der Waals surface area contributed by atoms with E-state index in [0.29, 0.717) is 0 Å². The van der Waals surface area contributed by atoms with Gasteiger partial charge in [-0.2, -0.15) is 0 Å². The van der Waals surface area contributed by atoms with E-state index in [0.717, 1.165) is 12.5 Å². The van der Waals surface area contributed by atoms with Gasteiger partial charge in [0.2, 0.25) is 5.97 Å². The normalized spacial score (nSPS) is 15.9. The first-order valence-corrected chi connectivity index (χ1v) is 7.78. The molecular formula is C10H23N3O2Si. The Bertz CT molecular complexity index is 235. The molecule has 6 N–H and O–H groups in total. The van der Waals surface area contributed by atoms with Gasteiger partial charge in [0.15, 0.2) is 0 Å². The summed E-state index contributed by atoms with van der Waals surface area (Å²) in [6, 6.07) is 0.749. The largest absolute Gasteiger partial charge is 0.384 e. The summed E-state index contributed by atoms with van der Waals surface area (Å²) in [6.07, 6.45) is 3.91. The summed E-state index contributed by atoms with van der Waals surface area (Å²) in [4.78, 5) is 0. The summed E-state index contributed by atoms with van der Waals surface area (Å²) in [7, 11) is -2.51. The monoisotopic (exact) mass is 245 g/mol. The molecule has 0 aromatic rings. The van der Waals surface area contributed by atoms with Crippen LogP contribution in [0.5, 0.6) is 0 Å². The standard InChI is InChI=1S/C10H23N3O2Si/c1-5-8-16(4,15-10(11,12)13)14-9(6-2)7-3/h6-7,9H,2-3,5,8,11-13H2,1,4H3. The van der Waals surface area contributed by atoms with Crippen LogP contribution in [0.3, 0.4) is 0 Å². The fraction of sp³-hybridized carbons (Fsp3) is 0.600. The number of nitrogens with two attached hydrogens (primary N) is 3. The molecule has 0 bridgehead atoms. The van der Waals surface area contributed by atoms with E-state index in [1.165, 1.54) is 0 Å². The van der Waals surface area contributed by atoms with Crippen LogP contribution in [0, 0.1) is 0 Å². The highest BCUT2D eigenvalue weighted by atomic mass is 28.4. The summed E-state index contributed by atoms with van der Waals surface area (Å²) in [5.41, 5.74) is 16.3.